The molecule has 0 aliphatic heterocycles. The minimum atomic E-state index is 0.0160. The van der Waals surface area contributed by atoms with Crippen LogP contribution in [0.3, 0.4) is 0 Å². The molecule has 1 heterocycles. The maximum Gasteiger partial charge on any atom is 0.225 e. The van der Waals surface area contributed by atoms with Crippen molar-refractivity contribution in [3.63, 3.8) is 0 Å². The van der Waals surface area contributed by atoms with E-state index in [9.17, 15) is 4.79 Å². The lowest BCUT2D eigenvalue weighted by Gasteiger charge is -2.06. The van der Waals surface area contributed by atoms with Gasteiger partial charge in [-0.2, -0.15) is 4.98 Å². The number of halogens is 1. The van der Waals surface area contributed by atoms with Crippen molar-refractivity contribution in [2.75, 3.05) is 24.1 Å². The lowest BCUT2D eigenvalue weighted by atomic mass is 10.4. The molecule has 0 spiro atoms. The topological polar surface area (TPSA) is 92.9 Å². The van der Waals surface area contributed by atoms with Crippen LogP contribution < -0.4 is 16.4 Å². The van der Waals surface area contributed by atoms with Crippen molar-refractivity contribution in [2.24, 2.45) is 0 Å². The second-order valence-electron chi connectivity index (χ2n) is 3.47. The van der Waals surface area contributed by atoms with E-state index in [0.29, 0.717) is 35.9 Å². The predicted molar refractivity (Wildman–Crippen MR) is 70.6 cm³/mol. The Labute approximate surface area is 109 Å². The zero-order valence-electron chi connectivity index (χ0n) is 9.66. The van der Waals surface area contributed by atoms with Crippen molar-refractivity contribution in [3.05, 3.63) is 10.7 Å². The molecule has 17 heavy (non-hydrogen) atoms. The predicted octanol–water partition coefficient (Wildman–Crippen LogP) is 1.15. The number of carbonyl (C=O) groups is 1. The van der Waals surface area contributed by atoms with Crippen molar-refractivity contribution < 1.29 is 4.79 Å². The maximum absolute atomic E-state index is 11.3. The highest BCUT2D eigenvalue weighted by atomic mass is 79.9. The number of aromatic nitrogens is 2. The molecule has 1 aromatic heterocycles. The molecule has 7 heteroatoms. The largest absolute Gasteiger partial charge is 0.383 e. The Morgan fingerprint density at radius 1 is 1.47 bits per heavy atom. The highest BCUT2D eigenvalue weighted by molar-refractivity contribution is 9.10. The summed E-state index contributed by atoms with van der Waals surface area (Å²) in [5.41, 5.74) is 5.56. The molecule has 0 atom stereocenters. The first-order valence-corrected chi connectivity index (χ1v) is 6.21. The van der Waals surface area contributed by atoms with Gasteiger partial charge < -0.3 is 16.4 Å². The first-order chi connectivity index (χ1) is 8.11. The third-order valence-corrected chi connectivity index (χ3v) is 2.33. The van der Waals surface area contributed by atoms with Crippen molar-refractivity contribution in [2.45, 2.75) is 19.8 Å². The maximum atomic E-state index is 11.3. The van der Waals surface area contributed by atoms with Gasteiger partial charge in [-0.1, -0.05) is 6.92 Å². The average Bonchev–Trinajstić information content (AvgIpc) is 2.25. The average molecular weight is 302 g/mol. The third-order valence-electron chi connectivity index (χ3n) is 1.92. The van der Waals surface area contributed by atoms with Crippen LogP contribution in [-0.2, 0) is 4.79 Å². The summed E-state index contributed by atoms with van der Waals surface area (Å²) in [6.07, 6.45) is 1.32. The van der Waals surface area contributed by atoms with E-state index in [1.54, 1.807) is 6.07 Å². The molecule has 6 nitrogen and oxygen atoms in total. The quantitative estimate of drug-likeness (QED) is 0.685. The van der Waals surface area contributed by atoms with Gasteiger partial charge in [0, 0.05) is 25.6 Å². The molecule has 0 saturated heterocycles. The molecular weight excluding hydrogens is 286 g/mol. The summed E-state index contributed by atoms with van der Waals surface area (Å²) >= 11 is 3.22. The van der Waals surface area contributed by atoms with Gasteiger partial charge in [0.15, 0.2) is 0 Å². The fraction of sp³-hybridized carbons (Fsp3) is 0.500. The molecule has 0 aliphatic carbocycles. The van der Waals surface area contributed by atoms with Crippen LogP contribution in [0.2, 0.25) is 0 Å². The van der Waals surface area contributed by atoms with E-state index in [0.717, 1.165) is 6.42 Å². The zero-order valence-corrected chi connectivity index (χ0v) is 11.2. The van der Waals surface area contributed by atoms with Gasteiger partial charge in [-0.05, 0) is 22.4 Å². The number of nitrogens with two attached hydrogens (primary N) is 1. The summed E-state index contributed by atoms with van der Waals surface area (Å²) < 4.78 is 0.614. The molecule has 0 fully saturated rings. The van der Waals surface area contributed by atoms with Gasteiger partial charge in [-0.25, -0.2) is 4.98 Å². The second kappa shape index (κ2) is 7.05. The van der Waals surface area contributed by atoms with E-state index in [1.165, 1.54) is 0 Å². The summed E-state index contributed by atoms with van der Waals surface area (Å²) in [7, 11) is 0. The molecule has 0 saturated carbocycles. The van der Waals surface area contributed by atoms with Crippen LogP contribution in [0.1, 0.15) is 19.8 Å². The molecule has 1 amide bonds. The van der Waals surface area contributed by atoms with Gasteiger partial charge >= 0.3 is 0 Å². The second-order valence-corrected chi connectivity index (χ2v) is 4.28. The van der Waals surface area contributed by atoms with Crippen molar-refractivity contribution in [1.29, 1.82) is 0 Å². The molecule has 0 bridgehead atoms. The normalized spacial score (nSPS) is 10.0. The molecule has 1 aromatic rings. The highest BCUT2D eigenvalue weighted by Gasteiger charge is 2.02. The van der Waals surface area contributed by atoms with Crippen molar-refractivity contribution in [3.8, 4) is 0 Å². The fourth-order valence-electron chi connectivity index (χ4n) is 1.15. The minimum absolute atomic E-state index is 0.0160. The van der Waals surface area contributed by atoms with E-state index in [2.05, 4.69) is 36.5 Å². The van der Waals surface area contributed by atoms with Crippen LogP contribution in [0, 0.1) is 0 Å². The lowest BCUT2D eigenvalue weighted by Crippen LogP contribution is -2.26. The first-order valence-electron chi connectivity index (χ1n) is 5.42. The van der Waals surface area contributed by atoms with Crippen LogP contribution in [-0.4, -0.2) is 29.0 Å². The minimum Gasteiger partial charge on any atom is -0.383 e. The van der Waals surface area contributed by atoms with Gasteiger partial charge in [0.1, 0.15) is 10.4 Å². The van der Waals surface area contributed by atoms with E-state index in [1.807, 2.05) is 6.92 Å². The Balaban J connectivity index is 2.33. The standard InChI is InChI=1S/C10H16BrN5O/c1-2-4-13-9(17)3-5-14-10-15-7(11)6-8(12)16-10/h6H,2-5H2,1H3,(H,13,17)(H3,12,14,15,16). The van der Waals surface area contributed by atoms with Gasteiger partial charge in [0.05, 0.1) is 0 Å². The Kier molecular flexibility index (Phi) is 5.68. The van der Waals surface area contributed by atoms with Gasteiger partial charge in [0.2, 0.25) is 11.9 Å². The van der Waals surface area contributed by atoms with E-state index >= 15 is 0 Å². The number of rotatable bonds is 6. The Hall–Kier alpha value is -1.37. The summed E-state index contributed by atoms with van der Waals surface area (Å²) in [6.45, 7) is 3.20. The zero-order chi connectivity index (χ0) is 12.7. The SMILES string of the molecule is CCCNC(=O)CCNc1nc(N)cc(Br)n1. The number of nitrogens with zero attached hydrogens (tertiary/aromatic N) is 2. The van der Waals surface area contributed by atoms with Gasteiger partial charge in [-0.3, -0.25) is 4.79 Å². The Morgan fingerprint density at radius 3 is 2.88 bits per heavy atom. The summed E-state index contributed by atoms with van der Waals surface area (Å²) in [4.78, 5) is 19.4. The van der Waals surface area contributed by atoms with Gasteiger partial charge in [0.25, 0.3) is 0 Å². The lowest BCUT2D eigenvalue weighted by molar-refractivity contribution is -0.120. The number of carbonyl (C=O) groups excluding carboxylic acids is 1. The van der Waals surface area contributed by atoms with E-state index in [4.69, 9.17) is 5.73 Å². The molecule has 1 rings (SSSR count). The number of nitrogens with one attached hydrogen (secondary N) is 2. The van der Waals surface area contributed by atoms with Crippen LogP contribution in [0.15, 0.2) is 10.7 Å². The van der Waals surface area contributed by atoms with Crippen LogP contribution in [0.4, 0.5) is 11.8 Å². The van der Waals surface area contributed by atoms with E-state index < -0.39 is 0 Å². The third kappa shape index (κ3) is 5.48. The fourth-order valence-corrected chi connectivity index (χ4v) is 1.56. The molecule has 0 aliphatic rings. The molecular formula is C10H16BrN5O. The Morgan fingerprint density at radius 2 is 2.24 bits per heavy atom. The number of hydrogen-bond donors (Lipinski definition) is 3. The number of nitrogen functional groups attached to an aromatic ring is 1. The molecule has 0 unspecified atom stereocenters. The number of anilines is 2. The summed E-state index contributed by atoms with van der Waals surface area (Å²) in [6, 6.07) is 1.61. The van der Waals surface area contributed by atoms with Gasteiger partial charge in [-0.15, -0.1) is 0 Å². The molecule has 0 radical (unpaired) electrons. The first kappa shape index (κ1) is 13.7. The highest BCUT2D eigenvalue weighted by Crippen LogP contribution is 2.11. The van der Waals surface area contributed by atoms with E-state index in [-0.39, 0.29) is 5.91 Å². The molecule has 0 aromatic carbocycles. The molecule has 94 valence electrons. The monoisotopic (exact) mass is 301 g/mol. The van der Waals surface area contributed by atoms with Crippen LogP contribution >= 0.6 is 15.9 Å². The van der Waals surface area contributed by atoms with Crippen LogP contribution in [0.5, 0.6) is 0 Å². The molecule has 4 N–H and O–H groups in total. The smallest absolute Gasteiger partial charge is 0.225 e. The number of hydrogen-bond acceptors (Lipinski definition) is 5. The van der Waals surface area contributed by atoms with Crippen molar-refractivity contribution in [1.82, 2.24) is 15.3 Å². The van der Waals surface area contributed by atoms with Crippen LogP contribution in [0.25, 0.3) is 0 Å². The Bertz CT molecular complexity index is 365. The summed E-state index contributed by atoms with van der Waals surface area (Å²) in [5.74, 6) is 0.812. The number of amides is 1. The summed E-state index contributed by atoms with van der Waals surface area (Å²) in [5, 5.41) is 5.73. The van der Waals surface area contributed by atoms with Crippen molar-refractivity contribution >= 4 is 33.6 Å².